The highest BCUT2D eigenvalue weighted by molar-refractivity contribution is 7.99. The number of nitrogens with zero attached hydrogens (tertiary/aromatic N) is 2. The van der Waals surface area contributed by atoms with E-state index in [1.54, 1.807) is 11.8 Å². The number of aromatic nitrogens is 3. The van der Waals surface area contributed by atoms with Gasteiger partial charge in [-0.1, -0.05) is 11.8 Å². The number of nitrogens with one attached hydrogen (secondary N) is 3. The van der Waals surface area contributed by atoms with Gasteiger partial charge in [-0.25, -0.2) is 4.98 Å². The van der Waals surface area contributed by atoms with Gasteiger partial charge in [0.1, 0.15) is 6.33 Å². The highest BCUT2D eigenvalue weighted by atomic mass is 32.2. The monoisotopic (exact) mass is 275 g/mol. The lowest BCUT2D eigenvalue weighted by Crippen LogP contribution is -2.38. The lowest BCUT2D eigenvalue weighted by molar-refractivity contribution is 0.480. The zero-order chi connectivity index (χ0) is 12.9. The molecule has 5 nitrogen and oxygen atoms in total. The fourth-order valence-electron chi connectivity index (χ4n) is 2.18. The van der Waals surface area contributed by atoms with Gasteiger partial charge in [0.2, 0.25) is 0 Å². The number of aromatic amines is 1. The first-order chi connectivity index (χ1) is 9.40. The molecule has 0 saturated carbocycles. The van der Waals surface area contributed by atoms with Gasteiger partial charge in [0.05, 0.1) is 0 Å². The van der Waals surface area contributed by atoms with E-state index in [2.05, 4.69) is 50.1 Å². The highest BCUT2D eigenvalue weighted by Crippen LogP contribution is 2.25. The highest BCUT2D eigenvalue weighted by Gasteiger charge is 2.12. The van der Waals surface area contributed by atoms with E-state index in [1.807, 2.05) is 0 Å². The lowest BCUT2D eigenvalue weighted by atomic mass is 10.1. The molecule has 3 N–H and O–H groups in total. The molecular formula is C13H17N5S. The van der Waals surface area contributed by atoms with Crippen LogP contribution in [0.1, 0.15) is 12.8 Å². The molecule has 1 aromatic carbocycles. The summed E-state index contributed by atoms with van der Waals surface area (Å²) in [6.07, 6.45) is 4.01. The Balaban J connectivity index is 1.58. The second-order valence-corrected chi connectivity index (χ2v) is 5.67. The second-order valence-electron chi connectivity index (χ2n) is 4.60. The van der Waals surface area contributed by atoms with Gasteiger partial charge < -0.3 is 10.6 Å². The summed E-state index contributed by atoms with van der Waals surface area (Å²) >= 11 is 1.58. The van der Waals surface area contributed by atoms with Crippen molar-refractivity contribution in [3.63, 3.8) is 0 Å². The summed E-state index contributed by atoms with van der Waals surface area (Å²) in [5, 5.41) is 14.5. The zero-order valence-corrected chi connectivity index (χ0v) is 11.4. The maximum absolute atomic E-state index is 4.10. The van der Waals surface area contributed by atoms with Crippen molar-refractivity contribution in [2.24, 2.45) is 0 Å². The topological polar surface area (TPSA) is 65.6 Å². The molecule has 1 atom stereocenters. The maximum atomic E-state index is 4.10. The van der Waals surface area contributed by atoms with E-state index in [1.165, 1.54) is 24.9 Å². The summed E-state index contributed by atoms with van der Waals surface area (Å²) in [7, 11) is 0. The van der Waals surface area contributed by atoms with E-state index in [0.717, 1.165) is 23.1 Å². The molecule has 0 bridgehead atoms. The Morgan fingerprint density at radius 2 is 2.16 bits per heavy atom. The van der Waals surface area contributed by atoms with E-state index in [0.29, 0.717) is 6.04 Å². The first-order valence-corrected chi connectivity index (χ1v) is 7.32. The third kappa shape index (κ3) is 3.48. The van der Waals surface area contributed by atoms with Crippen LogP contribution in [-0.2, 0) is 0 Å². The molecule has 0 aliphatic carbocycles. The zero-order valence-electron chi connectivity index (χ0n) is 10.6. The SMILES string of the molecule is c1n[nH]c(Sc2ccc(NC3CCCNC3)cc2)n1. The number of H-pyrrole nitrogens is 1. The molecule has 1 aliphatic rings. The van der Waals surface area contributed by atoms with Crippen LogP contribution in [0, 0.1) is 0 Å². The van der Waals surface area contributed by atoms with Crippen molar-refractivity contribution in [2.75, 3.05) is 18.4 Å². The molecule has 6 heteroatoms. The van der Waals surface area contributed by atoms with Crippen molar-refractivity contribution in [2.45, 2.75) is 28.9 Å². The van der Waals surface area contributed by atoms with Crippen LogP contribution in [0.4, 0.5) is 5.69 Å². The minimum absolute atomic E-state index is 0.543. The van der Waals surface area contributed by atoms with Crippen LogP contribution < -0.4 is 10.6 Å². The van der Waals surface area contributed by atoms with Gasteiger partial charge in [-0.3, -0.25) is 5.10 Å². The van der Waals surface area contributed by atoms with Crippen LogP contribution in [0.15, 0.2) is 40.6 Å². The van der Waals surface area contributed by atoms with Crippen molar-refractivity contribution < 1.29 is 0 Å². The van der Waals surface area contributed by atoms with Crippen molar-refractivity contribution in [3.8, 4) is 0 Å². The van der Waals surface area contributed by atoms with Crippen molar-refractivity contribution in [1.82, 2.24) is 20.5 Å². The quantitative estimate of drug-likeness (QED) is 0.797. The summed E-state index contributed by atoms with van der Waals surface area (Å²) in [5.41, 5.74) is 1.18. The van der Waals surface area contributed by atoms with Crippen LogP contribution in [0.3, 0.4) is 0 Å². The Morgan fingerprint density at radius 1 is 1.26 bits per heavy atom. The Hall–Kier alpha value is -1.53. The van der Waals surface area contributed by atoms with E-state index >= 15 is 0 Å². The Morgan fingerprint density at radius 3 is 2.84 bits per heavy atom. The summed E-state index contributed by atoms with van der Waals surface area (Å²) in [4.78, 5) is 5.26. The van der Waals surface area contributed by atoms with Crippen LogP contribution in [0.2, 0.25) is 0 Å². The van der Waals surface area contributed by atoms with E-state index < -0.39 is 0 Å². The van der Waals surface area contributed by atoms with E-state index in [-0.39, 0.29) is 0 Å². The molecule has 3 rings (SSSR count). The number of hydrogen-bond acceptors (Lipinski definition) is 5. The smallest absolute Gasteiger partial charge is 0.188 e. The molecule has 19 heavy (non-hydrogen) atoms. The van der Waals surface area contributed by atoms with Gasteiger partial charge in [0.25, 0.3) is 0 Å². The summed E-state index contributed by atoms with van der Waals surface area (Å²) in [5.74, 6) is 0. The molecule has 1 aliphatic heterocycles. The summed E-state index contributed by atoms with van der Waals surface area (Å²) in [6.45, 7) is 2.19. The van der Waals surface area contributed by atoms with Gasteiger partial charge in [-0.2, -0.15) is 5.10 Å². The van der Waals surface area contributed by atoms with Gasteiger partial charge in [0.15, 0.2) is 5.16 Å². The molecule has 2 heterocycles. The third-order valence-corrected chi connectivity index (χ3v) is 4.03. The van der Waals surface area contributed by atoms with Crippen molar-refractivity contribution >= 4 is 17.4 Å². The molecule has 1 unspecified atom stereocenters. The third-order valence-electron chi connectivity index (χ3n) is 3.13. The van der Waals surface area contributed by atoms with Crippen LogP contribution in [0.5, 0.6) is 0 Å². The van der Waals surface area contributed by atoms with Crippen LogP contribution >= 0.6 is 11.8 Å². The predicted molar refractivity (Wildman–Crippen MR) is 76.5 cm³/mol. The first kappa shape index (κ1) is 12.5. The molecule has 1 fully saturated rings. The number of piperidine rings is 1. The lowest BCUT2D eigenvalue weighted by Gasteiger charge is -2.24. The Labute approximate surface area is 116 Å². The molecule has 0 amide bonds. The molecule has 0 radical (unpaired) electrons. The average molecular weight is 275 g/mol. The van der Waals surface area contributed by atoms with Gasteiger partial charge in [-0.05, 0) is 43.7 Å². The standard InChI is InChI=1S/C13H17N5S/c1-2-11(8-14-7-1)17-10-3-5-12(6-4-10)19-13-15-9-16-18-13/h3-6,9,11,14,17H,1-2,7-8H2,(H,15,16,18). The van der Waals surface area contributed by atoms with Crippen LogP contribution in [-0.4, -0.2) is 34.3 Å². The van der Waals surface area contributed by atoms with Gasteiger partial charge in [-0.15, -0.1) is 0 Å². The molecule has 100 valence electrons. The second kappa shape index (κ2) is 6.08. The van der Waals surface area contributed by atoms with Crippen molar-refractivity contribution in [1.29, 1.82) is 0 Å². The number of rotatable bonds is 4. The fraction of sp³-hybridized carbons (Fsp3) is 0.385. The predicted octanol–water partition coefficient (Wildman–Crippen LogP) is 2.12. The minimum Gasteiger partial charge on any atom is -0.381 e. The van der Waals surface area contributed by atoms with E-state index in [9.17, 15) is 0 Å². The Kier molecular flexibility index (Phi) is 4.00. The van der Waals surface area contributed by atoms with Crippen LogP contribution in [0.25, 0.3) is 0 Å². The number of anilines is 1. The molecule has 0 spiro atoms. The van der Waals surface area contributed by atoms with Crippen molar-refractivity contribution in [3.05, 3.63) is 30.6 Å². The molecule has 1 saturated heterocycles. The molecular weight excluding hydrogens is 258 g/mol. The summed E-state index contributed by atoms with van der Waals surface area (Å²) < 4.78 is 0. The number of benzene rings is 1. The maximum Gasteiger partial charge on any atom is 0.188 e. The van der Waals surface area contributed by atoms with Gasteiger partial charge in [0, 0.05) is 23.2 Å². The molecule has 2 aromatic rings. The van der Waals surface area contributed by atoms with E-state index in [4.69, 9.17) is 0 Å². The minimum atomic E-state index is 0.543. The summed E-state index contributed by atoms with van der Waals surface area (Å²) in [6, 6.07) is 8.99. The Bertz CT molecular complexity index is 490. The first-order valence-electron chi connectivity index (χ1n) is 6.51. The normalized spacial score (nSPS) is 19.3. The van der Waals surface area contributed by atoms with Gasteiger partial charge >= 0.3 is 0 Å². The molecule has 1 aromatic heterocycles. The number of hydrogen-bond donors (Lipinski definition) is 3. The largest absolute Gasteiger partial charge is 0.381 e. The fourth-order valence-corrected chi connectivity index (χ4v) is 2.88. The average Bonchev–Trinajstić information content (AvgIpc) is 2.95.